The second kappa shape index (κ2) is 24.7. The average molecular weight is 1060 g/mol. The lowest BCUT2D eigenvalue weighted by Crippen LogP contribution is -2.34. The van der Waals surface area contributed by atoms with Gasteiger partial charge in [-0.1, -0.05) is 101 Å². The van der Waals surface area contributed by atoms with E-state index in [0.717, 1.165) is 10.5 Å². The lowest BCUT2D eigenvalue weighted by molar-refractivity contribution is -0.125. The van der Waals surface area contributed by atoms with Gasteiger partial charge >= 0.3 is 0 Å². The zero-order chi connectivity index (χ0) is 57.4. The minimum Gasteiger partial charge on any atom is -0.348 e. The Kier molecular flexibility index (Phi) is 20.0. The highest BCUT2D eigenvalue weighted by molar-refractivity contribution is 6.22. The first-order chi connectivity index (χ1) is 35.0. The Bertz CT molecular complexity index is 2890. The quantitative estimate of drug-likeness (QED) is 0.0543. The molecule has 2 aliphatic heterocycles. The lowest BCUT2D eigenvalue weighted by Gasteiger charge is -2.25. The average Bonchev–Trinajstić information content (AvgIpc) is 3.81. The summed E-state index contributed by atoms with van der Waals surface area (Å²) in [6.45, 7) is 22.8. The Morgan fingerprint density at radius 3 is 1.32 bits per heavy atom. The summed E-state index contributed by atoms with van der Waals surface area (Å²) in [5.74, 6) is -12.3. The van der Waals surface area contributed by atoms with E-state index in [1.54, 1.807) is 57.2 Å². The second-order valence-corrected chi connectivity index (χ2v) is 23.2. The molecule has 0 aromatic heterocycles. The molecule has 0 bridgehead atoms. The van der Waals surface area contributed by atoms with Gasteiger partial charge in [0, 0.05) is 42.5 Å². The lowest BCUT2D eigenvalue weighted by atomic mass is 9.80. The summed E-state index contributed by atoms with van der Waals surface area (Å²) in [4.78, 5) is 75.8. The third kappa shape index (κ3) is 16.7. The van der Waals surface area contributed by atoms with Crippen LogP contribution in [0, 0.1) is 80.0 Å². The van der Waals surface area contributed by atoms with Crippen molar-refractivity contribution < 1.29 is 63.9 Å². The Hall–Kier alpha value is -7.04. The summed E-state index contributed by atoms with van der Waals surface area (Å²) in [6, 6.07) is 23.4. The van der Waals surface area contributed by atoms with E-state index in [-0.39, 0.29) is 107 Å². The molecule has 5 aromatic carbocycles. The van der Waals surface area contributed by atoms with Crippen molar-refractivity contribution in [2.75, 3.05) is 9.80 Å². The topological polar surface area (TPSA) is 121 Å². The maximum absolute atomic E-state index is 13.2. The minimum absolute atomic E-state index is 0.0224. The number of hydrogen-bond donors (Lipinski definition) is 1. The number of carbonyl (C=O) groups is 6. The zero-order valence-electron chi connectivity index (χ0n) is 44.8. The maximum Gasteiger partial charge on any atom is 0.251 e. The Morgan fingerprint density at radius 1 is 0.500 bits per heavy atom. The first-order valence-corrected chi connectivity index (χ1v) is 24.4. The van der Waals surface area contributed by atoms with E-state index in [1.807, 2.05) is 62.3 Å². The molecule has 0 aliphatic carbocycles. The molecule has 0 saturated carbocycles. The highest BCUT2D eigenvalue weighted by Gasteiger charge is 2.46. The van der Waals surface area contributed by atoms with E-state index in [2.05, 4.69) is 5.32 Å². The molecule has 9 nitrogen and oxygen atoms in total. The standard InChI is InChI=1S/C22H23FN2O3.C14H16FNO2.C12H15FO.C11H11F5/c1-22(2,3)18-12-19(26)25(21(18)28)17-6-4-5-15(11-17)20(27)24-13-14-7-9-16(23)10-8-14;1-14(2,3)11-8-12(17)16(13(11)18)10-6-4-9(15)5-7-10;1-12(2,3)8-11(14)9-4-6-10(13)7-5-9;1-11(2,3)4-5-6(12)8(14)10(16)9(15)7(5)13/h4-11,18H,12-13H2,1-3H3,(H,24,27);4-7,11H,8H2,1-3H3;4-7H,8H2,1-3H3;4H2,1-3H3. The van der Waals surface area contributed by atoms with Crippen LogP contribution in [0.5, 0.6) is 0 Å². The number of hydrogen-bond acceptors (Lipinski definition) is 6. The Morgan fingerprint density at radius 2 is 0.908 bits per heavy atom. The largest absolute Gasteiger partial charge is 0.348 e. The van der Waals surface area contributed by atoms with Gasteiger partial charge in [0.25, 0.3) is 5.91 Å². The van der Waals surface area contributed by atoms with Crippen LogP contribution in [-0.4, -0.2) is 35.3 Å². The first kappa shape index (κ1) is 61.5. The van der Waals surface area contributed by atoms with E-state index in [4.69, 9.17) is 0 Å². The molecule has 2 aliphatic rings. The minimum atomic E-state index is -2.12. The third-order valence-corrected chi connectivity index (χ3v) is 12.1. The number of ketones is 1. The number of benzene rings is 5. The molecule has 0 spiro atoms. The fourth-order valence-corrected chi connectivity index (χ4v) is 7.98. The molecule has 5 aromatic rings. The van der Waals surface area contributed by atoms with Crippen molar-refractivity contribution in [3.63, 3.8) is 0 Å². The number of Topliss-reactive ketones (excluding diaryl/α,β-unsaturated/α-hetero) is 1. The smallest absolute Gasteiger partial charge is 0.251 e. The molecule has 2 saturated heterocycles. The third-order valence-electron chi connectivity index (χ3n) is 12.1. The molecule has 2 atom stereocenters. The number of nitrogens with one attached hydrogen (secondary N) is 1. The number of amides is 5. The van der Waals surface area contributed by atoms with Crippen molar-refractivity contribution in [2.24, 2.45) is 33.5 Å². The summed E-state index contributed by atoms with van der Waals surface area (Å²) in [5, 5.41) is 2.76. The van der Waals surface area contributed by atoms with Gasteiger partial charge in [-0.2, -0.15) is 0 Å². The van der Waals surface area contributed by atoms with Crippen molar-refractivity contribution in [3.8, 4) is 0 Å². The van der Waals surface area contributed by atoms with Crippen molar-refractivity contribution in [2.45, 2.75) is 115 Å². The fourth-order valence-electron chi connectivity index (χ4n) is 7.98. The first-order valence-electron chi connectivity index (χ1n) is 24.4. The summed E-state index contributed by atoms with van der Waals surface area (Å²) in [7, 11) is 0. The van der Waals surface area contributed by atoms with Gasteiger partial charge in [0.15, 0.2) is 29.1 Å². The maximum atomic E-state index is 13.2. The van der Waals surface area contributed by atoms with E-state index in [0.29, 0.717) is 28.9 Å². The van der Waals surface area contributed by atoms with Gasteiger partial charge in [0.2, 0.25) is 29.4 Å². The van der Waals surface area contributed by atoms with E-state index >= 15 is 0 Å². The molecular formula is C59H65F8N3O6. The predicted octanol–water partition coefficient (Wildman–Crippen LogP) is 13.8. The van der Waals surface area contributed by atoms with E-state index in [1.165, 1.54) is 65.6 Å². The summed E-state index contributed by atoms with van der Waals surface area (Å²) in [5.41, 5.74) is 0.625. The number of rotatable bonds is 8. The summed E-state index contributed by atoms with van der Waals surface area (Å²) in [6.07, 6.45) is 0.653. The van der Waals surface area contributed by atoms with Crippen LogP contribution in [0.15, 0.2) is 97.1 Å². The van der Waals surface area contributed by atoms with Gasteiger partial charge < -0.3 is 5.32 Å². The molecule has 2 heterocycles. The number of nitrogens with zero attached hydrogens (tertiary/aromatic N) is 2. The van der Waals surface area contributed by atoms with Crippen molar-refractivity contribution in [1.29, 1.82) is 0 Å². The molecule has 17 heteroatoms. The molecule has 1 N–H and O–H groups in total. The normalized spacial score (nSPS) is 15.8. The van der Waals surface area contributed by atoms with Gasteiger partial charge in [-0.25, -0.2) is 35.1 Å². The van der Waals surface area contributed by atoms with Crippen LogP contribution < -0.4 is 15.1 Å². The molecule has 408 valence electrons. The number of halogens is 8. The van der Waals surface area contributed by atoms with Crippen LogP contribution in [0.1, 0.15) is 134 Å². The number of imide groups is 2. The van der Waals surface area contributed by atoms with Crippen LogP contribution in [-0.2, 0) is 32.1 Å². The summed E-state index contributed by atoms with van der Waals surface area (Å²) < 4.78 is 103. The van der Waals surface area contributed by atoms with Gasteiger partial charge in [-0.3, -0.25) is 38.6 Å². The molecule has 76 heavy (non-hydrogen) atoms. The predicted molar refractivity (Wildman–Crippen MR) is 275 cm³/mol. The van der Waals surface area contributed by atoms with Gasteiger partial charge in [0.05, 0.1) is 23.2 Å². The number of anilines is 2. The van der Waals surface area contributed by atoms with Crippen LogP contribution in [0.2, 0.25) is 0 Å². The number of carbonyl (C=O) groups excluding carboxylic acids is 6. The van der Waals surface area contributed by atoms with Crippen molar-refractivity contribution in [1.82, 2.24) is 5.32 Å². The highest BCUT2D eigenvalue weighted by atomic mass is 19.2. The van der Waals surface area contributed by atoms with Crippen molar-refractivity contribution in [3.05, 3.63) is 166 Å². The van der Waals surface area contributed by atoms with Crippen LogP contribution in [0.4, 0.5) is 46.5 Å². The molecule has 2 unspecified atom stereocenters. The van der Waals surface area contributed by atoms with Crippen molar-refractivity contribution >= 4 is 46.7 Å². The highest BCUT2D eigenvalue weighted by Crippen LogP contribution is 2.39. The van der Waals surface area contributed by atoms with E-state index in [9.17, 15) is 63.9 Å². The SMILES string of the molecule is CC(C)(C)C1CC(=O)N(c2ccc(F)cc2)C1=O.CC(C)(C)C1CC(=O)N(c2cccc(C(=O)NCc3ccc(F)cc3)c2)C1=O.CC(C)(C)CC(=O)c1ccc(F)cc1.CC(C)(C)Cc1c(F)c(F)c(F)c(F)c1F. The van der Waals surface area contributed by atoms with Gasteiger partial charge in [0.1, 0.15) is 17.5 Å². The van der Waals surface area contributed by atoms with Crippen LogP contribution in [0.3, 0.4) is 0 Å². The Labute approximate surface area is 439 Å². The van der Waals surface area contributed by atoms with E-state index < -0.39 is 40.1 Å². The van der Waals surface area contributed by atoms with Gasteiger partial charge in [-0.05, 0) is 113 Å². The van der Waals surface area contributed by atoms with Crippen LogP contribution >= 0.6 is 0 Å². The van der Waals surface area contributed by atoms with Crippen LogP contribution in [0.25, 0.3) is 0 Å². The molecule has 7 rings (SSSR count). The Balaban J connectivity index is 0.000000228. The molecule has 0 radical (unpaired) electrons. The monoisotopic (exact) mass is 1060 g/mol. The fraction of sp³-hybridized carbons (Fsp3) is 0.390. The second-order valence-electron chi connectivity index (χ2n) is 23.2. The molecule has 5 amide bonds. The van der Waals surface area contributed by atoms with Gasteiger partial charge in [-0.15, -0.1) is 0 Å². The molecular weight excluding hydrogens is 999 g/mol. The zero-order valence-corrected chi connectivity index (χ0v) is 44.8. The molecule has 2 fully saturated rings. The summed E-state index contributed by atoms with van der Waals surface area (Å²) >= 11 is 0.